The van der Waals surface area contributed by atoms with Crippen LogP contribution in [0.4, 0.5) is 0 Å². The highest BCUT2D eigenvalue weighted by Crippen LogP contribution is 2.18. The fraction of sp³-hybridized carbons (Fsp3) is 0.273. The van der Waals surface area contributed by atoms with Gasteiger partial charge in [-0.2, -0.15) is 0 Å². The SMILES string of the molecule is O=C1CN(CCN2CC(=O)N(Cc3ccccc3)C2=S)C(=S)N1Cc1ccccc1. The van der Waals surface area contributed by atoms with Crippen molar-refractivity contribution >= 4 is 46.5 Å². The molecule has 2 aliphatic rings. The molecule has 2 amide bonds. The van der Waals surface area contributed by atoms with E-state index in [4.69, 9.17) is 24.4 Å². The summed E-state index contributed by atoms with van der Waals surface area (Å²) in [5.74, 6) is -0.00994. The molecule has 0 bridgehead atoms. The van der Waals surface area contributed by atoms with Crippen LogP contribution in [0, 0.1) is 0 Å². The number of carbonyl (C=O) groups is 2. The van der Waals surface area contributed by atoms with Gasteiger partial charge in [-0.15, -0.1) is 0 Å². The third-order valence-electron chi connectivity index (χ3n) is 5.26. The third kappa shape index (κ3) is 4.34. The quantitative estimate of drug-likeness (QED) is 0.618. The average molecular weight is 439 g/mol. The van der Waals surface area contributed by atoms with Gasteiger partial charge in [0.2, 0.25) is 11.8 Å². The van der Waals surface area contributed by atoms with E-state index >= 15 is 0 Å². The van der Waals surface area contributed by atoms with Gasteiger partial charge in [-0.25, -0.2) is 0 Å². The molecule has 0 aliphatic carbocycles. The lowest BCUT2D eigenvalue weighted by atomic mass is 10.2. The Labute approximate surface area is 186 Å². The van der Waals surface area contributed by atoms with E-state index in [-0.39, 0.29) is 24.9 Å². The molecule has 2 fully saturated rings. The van der Waals surface area contributed by atoms with Crippen LogP contribution in [0.5, 0.6) is 0 Å². The summed E-state index contributed by atoms with van der Waals surface area (Å²) in [6.07, 6.45) is 0. The monoisotopic (exact) mass is 438 g/mol. The van der Waals surface area contributed by atoms with Crippen molar-refractivity contribution in [2.75, 3.05) is 26.2 Å². The molecule has 0 unspecified atom stereocenters. The molecule has 0 N–H and O–H groups in total. The van der Waals surface area contributed by atoms with Crippen molar-refractivity contribution in [3.05, 3.63) is 71.8 Å². The van der Waals surface area contributed by atoms with Crippen LogP contribution in [0.25, 0.3) is 0 Å². The predicted octanol–water partition coefficient (Wildman–Crippen LogP) is 2.25. The summed E-state index contributed by atoms with van der Waals surface area (Å²) >= 11 is 11.1. The van der Waals surface area contributed by atoms with E-state index in [9.17, 15) is 9.59 Å². The number of rotatable bonds is 7. The fourth-order valence-corrected chi connectivity index (χ4v) is 4.27. The molecular weight excluding hydrogens is 416 g/mol. The fourth-order valence-electron chi connectivity index (χ4n) is 3.62. The molecule has 6 nitrogen and oxygen atoms in total. The molecule has 4 rings (SSSR count). The van der Waals surface area contributed by atoms with Crippen LogP contribution in [-0.4, -0.2) is 67.8 Å². The molecule has 154 valence electrons. The normalized spacial score (nSPS) is 16.9. The molecule has 2 heterocycles. The van der Waals surface area contributed by atoms with Crippen molar-refractivity contribution in [2.24, 2.45) is 0 Å². The van der Waals surface area contributed by atoms with Crippen molar-refractivity contribution in [1.29, 1.82) is 0 Å². The largest absolute Gasteiger partial charge is 0.338 e. The number of amides is 2. The van der Waals surface area contributed by atoms with Gasteiger partial charge in [0.15, 0.2) is 10.2 Å². The Bertz CT molecular complexity index is 888. The van der Waals surface area contributed by atoms with Gasteiger partial charge in [0.05, 0.1) is 26.2 Å². The second-order valence-electron chi connectivity index (χ2n) is 7.34. The highest BCUT2D eigenvalue weighted by molar-refractivity contribution is 7.80. The predicted molar refractivity (Wildman–Crippen MR) is 122 cm³/mol. The molecule has 2 aliphatic heterocycles. The van der Waals surface area contributed by atoms with Crippen LogP contribution in [-0.2, 0) is 22.7 Å². The minimum atomic E-state index is -0.00497. The van der Waals surface area contributed by atoms with E-state index in [1.165, 1.54) is 0 Å². The smallest absolute Gasteiger partial charge is 0.248 e. The molecule has 2 saturated heterocycles. The summed E-state index contributed by atoms with van der Waals surface area (Å²) in [4.78, 5) is 32.0. The number of hydrogen-bond acceptors (Lipinski definition) is 4. The average Bonchev–Trinajstić information content (AvgIpc) is 3.18. The van der Waals surface area contributed by atoms with Gasteiger partial charge in [0.25, 0.3) is 0 Å². The standard InChI is InChI=1S/C22H22N4O2S2/c27-19-15-23(21(29)25(19)13-17-7-3-1-4-8-17)11-12-24-16-20(28)26(22(24)30)14-18-9-5-2-6-10-18/h1-10H,11-16H2. The first-order chi connectivity index (χ1) is 14.5. The van der Waals surface area contributed by atoms with E-state index in [0.29, 0.717) is 36.4 Å². The maximum Gasteiger partial charge on any atom is 0.248 e. The van der Waals surface area contributed by atoms with Crippen LogP contribution >= 0.6 is 24.4 Å². The first-order valence-corrected chi connectivity index (χ1v) is 10.6. The highest BCUT2D eigenvalue weighted by atomic mass is 32.1. The van der Waals surface area contributed by atoms with Crippen molar-refractivity contribution in [3.8, 4) is 0 Å². The highest BCUT2D eigenvalue weighted by Gasteiger charge is 2.35. The van der Waals surface area contributed by atoms with Crippen molar-refractivity contribution < 1.29 is 9.59 Å². The zero-order valence-electron chi connectivity index (χ0n) is 16.4. The number of hydrogen-bond donors (Lipinski definition) is 0. The van der Waals surface area contributed by atoms with Crippen molar-refractivity contribution in [2.45, 2.75) is 13.1 Å². The van der Waals surface area contributed by atoms with Crippen LogP contribution < -0.4 is 0 Å². The van der Waals surface area contributed by atoms with E-state index in [0.717, 1.165) is 11.1 Å². The van der Waals surface area contributed by atoms with Gasteiger partial charge in [0, 0.05) is 13.1 Å². The minimum absolute atomic E-state index is 0.00497. The van der Waals surface area contributed by atoms with E-state index in [1.54, 1.807) is 9.80 Å². The van der Waals surface area contributed by atoms with E-state index in [1.807, 2.05) is 70.5 Å². The Morgan fingerprint density at radius 2 is 1.00 bits per heavy atom. The van der Waals surface area contributed by atoms with Crippen LogP contribution in [0.1, 0.15) is 11.1 Å². The molecule has 30 heavy (non-hydrogen) atoms. The zero-order chi connectivity index (χ0) is 21.1. The molecule has 8 heteroatoms. The lowest BCUT2D eigenvalue weighted by Gasteiger charge is -2.24. The third-order valence-corrected chi connectivity index (χ3v) is 6.22. The Hall–Kier alpha value is -2.84. The Kier molecular flexibility index (Phi) is 6.06. The maximum absolute atomic E-state index is 12.5. The maximum atomic E-state index is 12.5. The summed E-state index contributed by atoms with van der Waals surface area (Å²) in [6.45, 7) is 2.55. The lowest BCUT2D eigenvalue weighted by molar-refractivity contribution is -0.126. The van der Waals surface area contributed by atoms with Gasteiger partial charge in [0.1, 0.15) is 0 Å². The number of carbonyl (C=O) groups excluding carboxylic acids is 2. The molecular formula is C22H22N4O2S2. The topological polar surface area (TPSA) is 47.1 Å². The van der Waals surface area contributed by atoms with Gasteiger partial charge in [-0.1, -0.05) is 60.7 Å². The van der Waals surface area contributed by atoms with Gasteiger partial charge in [-0.05, 0) is 35.6 Å². The van der Waals surface area contributed by atoms with E-state index < -0.39 is 0 Å². The molecule has 2 aromatic rings. The molecule has 0 spiro atoms. The summed E-state index contributed by atoms with van der Waals surface area (Å²) in [5.41, 5.74) is 2.08. The molecule has 0 aromatic heterocycles. The number of nitrogens with zero attached hydrogens (tertiary/aromatic N) is 4. The zero-order valence-corrected chi connectivity index (χ0v) is 18.1. The van der Waals surface area contributed by atoms with E-state index in [2.05, 4.69) is 0 Å². The summed E-state index contributed by atoms with van der Waals surface area (Å²) < 4.78 is 0. The molecule has 2 aromatic carbocycles. The lowest BCUT2D eigenvalue weighted by Crippen LogP contribution is -2.39. The van der Waals surface area contributed by atoms with Crippen molar-refractivity contribution in [1.82, 2.24) is 19.6 Å². The van der Waals surface area contributed by atoms with Gasteiger partial charge >= 0.3 is 0 Å². The van der Waals surface area contributed by atoms with Crippen molar-refractivity contribution in [3.63, 3.8) is 0 Å². The first kappa shape index (κ1) is 20.4. The van der Waals surface area contributed by atoms with Crippen LogP contribution in [0.2, 0.25) is 0 Å². The Balaban J connectivity index is 1.33. The Morgan fingerprint density at radius 3 is 1.37 bits per heavy atom. The molecule has 0 radical (unpaired) electrons. The number of thiocarbonyl (C=S) groups is 2. The first-order valence-electron chi connectivity index (χ1n) is 9.79. The summed E-state index contributed by atoms with van der Waals surface area (Å²) in [6, 6.07) is 19.6. The molecule has 0 atom stereocenters. The molecule has 0 saturated carbocycles. The second kappa shape index (κ2) is 8.89. The second-order valence-corrected chi connectivity index (χ2v) is 8.07. The van der Waals surface area contributed by atoms with Gasteiger partial charge < -0.3 is 9.80 Å². The van der Waals surface area contributed by atoms with Gasteiger partial charge in [-0.3, -0.25) is 19.4 Å². The number of benzene rings is 2. The van der Waals surface area contributed by atoms with Crippen LogP contribution in [0.15, 0.2) is 60.7 Å². The Morgan fingerprint density at radius 1 is 0.633 bits per heavy atom. The summed E-state index contributed by atoms with van der Waals surface area (Å²) in [7, 11) is 0. The summed E-state index contributed by atoms with van der Waals surface area (Å²) in [5, 5.41) is 1.06. The minimum Gasteiger partial charge on any atom is -0.338 e. The van der Waals surface area contributed by atoms with Crippen LogP contribution in [0.3, 0.4) is 0 Å².